The number of nitrogens with zero attached hydrogens (tertiary/aromatic N) is 2. The smallest absolute Gasteiger partial charge is 0.408 e. The number of fused-ring (bicyclic) bond motifs is 2. The molecule has 2 heterocycles. The average Bonchev–Trinajstić information content (AvgIpc) is 3.09. The van der Waals surface area contributed by atoms with E-state index in [1.54, 1.807) is 66.2 Å². The molecule has 40 heavy (non-hydrogen) atoms. The summed E-state index contributed by atoms with van der Waals surface area (Å²) < 4.78 is 5.25. The number of nitrogens with one attached hydrogen (secondary N) is 1. The lowest BCUT2D eigenvalue weighted by Crippen LogP contribution is -2.50. The van der Waals surface area contributed by atoms with Crippen LogP contribution in [-0.4, -0.2) is 60.2 Å². The van der Waals surface area contributed by atoms with Crippen molar-refractivity contribution < 1.29 is 19.1 Å². The number of halogens is 1. The number of hydrogen-bond donors (Lipinski definition) is 2. The summed E-state index contributed by atoms with van der Waals surface area (Å²) in [4.78, 5) is 42.3. The highest BCUT2D eigenvalue weighted by atomic mass is 35.5. The van der Waals surface area contributed by atoms with E-state index in [1.165, 1.54) is 0 Å². The third-order valence-corrected chi connectivity index (χ3v) is 7.94. The fourth-order valence-corrected chi connectivity index (χ4v) is 5.99. The maximum Gasteiger partial charge on any atom is 0.408 e. The van der Waals surface area contributed by atoms with Gasteiger partial charge >= 0.3 is 6.09 Å². The third-order valence-electron chi connectivity index (χ3n) is 5.60. The van der Waals surface area contributed by atoms with Crippen molar-refractivity contribution in [3.8, 4) is 0 Å². The highest BCUT2D eigenvalue weighted by Crippen LogP contribution is 2.35. The minimum Gasteiger partial charge on any atom is -0.444 e. The Morgan fingerprint density at radius 1 is 0.950 bits per heavy atom. The van der Waals surface area contributed by atoms with Gasteiger partial charge < -0.3 is 25.6 Å². The minimum atomic E-state index is -0.637. The van der Waals surface area contributed by atoms with Gasteiger partial charge in [0, 0.05) is 34.4 Å². The van der Waals surface area contributed by atoms with Crippen LogP contribution in [0.5, 0.6) is 0 Å². The first-order valence-electron chi connectivity index (χ1n) is 12.6. The monoisotopic (exact) mass is 604 g/mol. The molecule has 11 heteroatoms. The lowest BCUT2D eigenvalue weighted by atomic mass is 10.2. The standard InChI is InChI=1S/C17H22N2O3S.C12H14N2OS.ClH/c1-5-10-19-13-8-6-7-9-14(13)23-11-12(15(19)20)18-16(21)22-17(2,3)4;1-2-7-14-10-5-3-4-6-11(10)16-8-9(13)12(14)15;/h5-9,12H,1,10-11H2,2-4H3,(H,18,21);2-6,9H,1,7-8,13H2;1H. The Labute approximate surface area is 251 Å². The van der Waals surface area contributed by atoms with Gasteiger partial charge in [0.15, 0.2) is 0 Å². The molecule has 2 aliphatic heterocycles. The molecule has 8 nitrogen and oxygen atoms in total. The predicted octanol–water partition coefficient (Wildman–Crippen LogP) is 5.27. The number of carbonyl (C=O) groups is 3. The largest absolute Gasteiger partial charge is 0.444 e. The van der Waals surface area contributed by atoms with E-state index < -0.39 is 23.8 Å². The van der Waals surface area contributed by atoms with E-state index in [4.69, 9.17) is 10.5 Å². The average molecular weight is 605 g/mol. The van der Waals surface area contributed by atoms with Gasteiger partial charge in [-0.25, -0.2) is 4.79 Å². The lowest BCUT2D eigenvalue weighted by molar-refractivity contribution is -0.120. The number of hydrogen-bond acceptors (Lipinski definition) is 7. The van der Waals surface area contributed by atoms with E-state index in [0.29, 0.717) is 24.6 Å². The molecule has 3 amide bonds. The summed E-state index contributed by atoms with van der Waals surface area (Å²) in [5.74, 6) is 0.900. The van der Waals surface area contributed by atoms with Crippen molar-refractivity contribution in [2.75, 3.05) is 34.4 Å². The number of alkyl carbamates (subject to hydrolysis) is 1. The molecular formula is C29H37ClN4O4S2. The van der Waals surface area contributed by atoms with Crippen molar-refractivity contribution in [1.29, 1.82) is 0 Å². The first-order chi connectivity index (χ1) is 18.6. The van der Waals surface area contributed by atoms with Crippen molar-refractivity contribution in [1.82, 2.24) is 5.32 Å². The summed E-state index contributed by atoms with van der Waals surface area (Å²) >= 11 is 3.17. The summed E-state index contributed by atoms with van der Waals surface area (Å²) in [5, 5.41) is 2.68. The Bertz CT molecular complexity index is 1220. The van der Waals surface area contributed by atoms with E-state index >= 15 is 0 Å². The molecule has 4 rings (SSSR count). The molecule has 2 aliphatic rings. The Balaban J connectivity index is 0.000000290. The molecule has 0 spiro atoms. The number of rotatable bonds is 5. The first-order valence-corrected chi connectivity index (χ1v) is 14.6. The predicted molar refractivity (Wildman–Crippen MR) is 168 cm³/mol. The summed E-state index contributed by atoms with van der Waals surface area (Å²) in [6.45, 7) is 13.7. The molecule has 0 bridgehead atoms. The summed E-state index contributed by atoms with van der Waals surface area (Å²) in [5.41, 5.74) is 7.01. The number of para-hydroxylation sites is 2. The Kier molecular flexibility index (Phi) is 12.6. The van der Waals surface area contributed by atoms with Gasteiger partial charge in [0.05, 0.1) is 17.4 Å². The number of nitrogens with two attached hydrogens (primary N) is 1. The molecule has 0 aromatic heterocycles. The van der Waals surface area contributed by atoms with Gasteiger partial charge in [0.2, 0.25) is 5.91 Å². The number of amides is 3. The summed E-state index contributed by atoms with van der Waals surface area (Å²) in [6, 6.07) is 14.5. The van der Waals surface area contributed by atoms with Crippen LogP contribution in [0, 0.1) is 0 Å². The van der Waals surface area contributed by atoms with Gasteiger partial charge in [-0.15, -0.1) is 49.1 Å². The van der Waals surface area contributed by atoms with Crippen molar-refractivity contribution >= 4 is 65.2 Å². The van der Waals surface area contributed by atoms with Crippen molar-refractivity contribution in [2.24, 2.45) is 5.73 Å². The molecule has 0 saturated heterocycles. The normalized spacial score (nSPS) is 18.4. The van der Waals surface area contributed by atoms with Crippen LogP contribution in [0.2, 0.25) is 0 Å². The van der Waals surface area contributed by atoms with Crippen molar-refractivity contribution in [3.63, 3.8) is 0 Å². The lowest BCUT2D eigenvalue weighted by Gasteiger charge is -2.26. The fourth-order valence-electron chi connectivity index (χ4n) is 3.91. The molecule has 0 aliphatic carbocycles. The van der Waals surface area contributed by atoms with Gasteiger partial charge in [-0.3, -0.25) is 9.59 Å². The van der Waals surface area contributed by atoms with E-state index in [0.717, 1.165) is 21.2 Å². The van der Waals surface area contributed by atoms with Crippen LogP contribution in [0.1, 0.15) is 20.8 Å². The molecule has 0 radical (unpaired) electrons. The number of ether oxygens (including phenoxy) is 1. The highest BCUT2D eigenvalue weighted by Gasteiger charge is 2.32. The second-order valence-electron chi connectivity index (χ2n) is 9.84. The van der Waals surface area contributed by atoms with Gasteiger partial charge in [0.25, 0.3) is 5.91 Å². The van der Waals surface area contributed by atoms with Crippen LogP contribution in [-0.2, 0) is 14.3 Å². The summed E-state index contributed by atoms with van der Waals surface area (Å²) in [7, 11) is 0. The maximum atomic E-state index is 12.8. The first kappa shape index (κ1) is 33.3. The van der Waals surface area contributed by atoms with Crippen LogP contribution < -0.4 is 20.9 Å². The van der Waals surface area contributed by atoms with Gasteiger partial charge in [-0.2, -0.15) is 0 Å². The van der Waals surface area contributed by atoms with E-state index in [2.05, 4.69) is 18.5 Å². The van der Waals surface area contributed by atoms with Gasteiger partial charge in [0.1, 0.15) is 11.6 Å². The quantitative estimate of drug-likeness (QED) is 0.448. The topological polar surface area (TPSA) is 105 Å². The van der Waals surface area contributed by atoms with Crippen LogP contribution in [0.25, 0.3) is 0 Å². The second-order valence-corrected chi connectivity index (χ2v) is 12.0. The third kappa shape index (κ3) is 8.79. The Hall–Kier alpha value is -2.92. The van der Waals surface area contributed by atoms with Gasteiger partial charge in [-0.05, 0) is 45.0 Å². The molecule has 216 valence electrons. The minimum absolute atomic E-state index is 0. The Morgan fingerprint density at radius 2 is 1.43 bits per heavy atom. The molecule has 0 saturated carbocycles. The fraction of sp³-hybridized carbons (Fsp3) is 0.345. The van der Waals surface area contributed by atoms with E-state index in [-0.39, 0.29) is 24.2 Å². The SMILES string of the molecule is C=CCN1C(=O)C(N)CSc2ccccc21.C=CCN1C(=O)C(NC(=O)OC(C)(C)C)CSc2ccccc21.Cl. The molecule has 2 atom stereocenters. The molecule has 2 aromatic carbocycles. The van der Waals surface area contributed by atoms with Crippen LogP contribution in [0.3, 0.4) is 0 Å². The number of benzene rings is 2. The molecule has 2 aromatic rings. The zero-order valence-electron chi connectivity index (χ0n) is 23.0. The Morgan fingerprint density at radius 3 is 1.93 bits per heavy atom. The number of anilines is 2. The maximum absolute atomic E-state index is 12.8. The van der Waals surface area contributed by atoms with Crippen molar-refractivity contribution in [2.45, 2.75) is 48.2 Å². The zero-order chi connectivity index (χ0) is 28.6. The number of thioether (sulfide) groups is 2. The van der Waals surface area contributed by atoms with Crippen molar-refractivity contribution in [3.05, 3.63) is 73.8 Å². The van der Waals surface area contributed by atoms with E-state index in [1.807, 2.05) is 48.5 Å². The van der Waals surface area contributed by atoms with Crippen LogP contribution >= 0.6 is 35.9 Å². The summed E-state index contributed by atoms with van der Waals surface area (Å²) in [6.07, 6.45) is 2.81. The van der Waals surface area contributed by atoms with Crippen LogP contribution in [0.4, 0.5) is 16.2 Å². The molecule has 0 fully saturated rings. The van der Waals surface area contributed by atoms with Crippen LogP contribution in [0.15, 0.2) is 83.6 Å². The van der Waals surface area contributed by atoms with E-state index in [9.17, 15) is 14.4 Å². The number of carbonyl (C=O) groups excluding carboxylic acids is 3. The second kappa shape index (κ2) is 15.2. The van der Waals surface area contributed by atoms with Gasteiger partial charge in [-0.1, -0.05) is 36.4 Å². The zero-order valence-corrected chi connectivity index (χ0v) is 25.4. The molecular weight excluding hydrogens is 568 g/mol. The molecule has 2 unspecified atom stereocenters. The molecule has 3 N–H and O–H groups in total. The highest BCUT2D eigenvalue weighted by molar-refractivity contribution is 7.99.